The average Bonchev–Trinajstić information content (AvgIpc) is 2.81. The van der Waals surface area contributed by atoms with Crippen LogP contribution in [0.3, 0.4) is 0 Å². The van der Waals surface area contributed by atoms with E-state index >= 15 is 0 Å². The summed E-state index contributed by atoms with van der Waals surface area (Å²) in [5, 5.41) is 11.7. The number of hydrogen-bond donors (Lipinski definition) is 2. The quantitative estimate of drug-likeness (QED) is 0.596. The molecule has 1 aliphatic rings. The molecule has 6 heteroatoms. The van der Waals surface area contributed by atoms with Crippen molar-refractivity contribution in [2.24, 2.45) is 0 Å². The van der Waals surface area contributed by atoms with Crippen molar-refractivity contribution in [3.05, 3.63) is 0 Å². The SMILES string of the molecule is CCCCOCCNC(=O)CN1CCC[C@H]1C(=O)O. The molecule has 0 unspecified atom stereocenters. The van der Waals surface area contributed by atoms with E-state index in [0.717, 1.165) is 25.9 Å². The molecule has 0 aromatic heterocycles. The zero-order valence-electron chi connectivity index (χ0n) is 11.6. The number of carboxylic acid groups (broad SMARTS) is 1. The number of likely N-dealkylation sites (tertiary alicyclic amines) is 1. The number of hydrogen-bond acceptors (Lipinski definition) is 4. The van der Waals surface area contributed by atoms with Gasteiger partial charge in [0.05, 0.1) is 13.2 Å². The third kappa shape index (κ3) is 6.02. The maximum atomic E-state index is 11.7. The van der Waals surface area contributed by atoms with E-state index in [1.165, 1.54) is 0 Å². The van der Waals surface area contributed by atoms with Crippen LogP contribution < -0.4 is 5.32 Å². The molecule has 2 N–H and O–H groups in total. The molecule has 0 spiro atoms. The van der Waals surface area contributed by atoms with Crippen molar-refractivity contribution in [3.8, 4) is 0 Å². The molecular formula is C13H24N2O4. The van der Waals surface area contributed by atoms with E-state index in [-0.39, 0.29) is 12.5 Å². The fourth-order valence-corrected chi connectivity index (χ4v) is 2.15. The van der Waals surface area contributed by atoms with Gasteiger partial charge in [-0.15, -0.1) is 0 Å². The first-order chi connectivity index (χ1) is 9.15. The van der Waals surface area contributed by atoms with E-state index in [9.17, 15) is 9.59 Å². The van der Waals surface area contributed by atoms with Crippen LogP contribution in [-0.2, 0) is 14.3 Å². The Bertz CT molecular complexity index is 296. The lowest BCUT2D eigenvalue weighted by molar-refractivity contribution is -0.142. The monoisotopic (exact) mass is 272 g/mol. The Hall–Kier alpha value is -1.14. The summed E-state index contributed by atoms with van der Waals surface area (Å²) >= 11 is 0. The van der Waals surface area contributed by atoms with Crippen LogP contribution in [0.15, 0.2) is 0 Å². The number of ether oxygens (including phenoxy) is 1. The molecule has 0 aromatic carbocycles. The summed E-state index contributed by atoms with van der Waals surface area (Å²) in [5.41, 5.74) is 0. The summed E-state index contributed by atoms with van der Waals surface area (Å²) in [4.78, 5) is 24.3. The third-order valence-corrected chi connectivity index (χ3v) is 3.21. The minimum atomic E-state index is -0.840. The molecule has 1 rings (SSSR count). The van der Waals surface area contributed by atoms with Crippen LogP contribution >= 0.6 is 0 Å². The minimum absolute atomic E-state index is 0.132. The summed E-state index contributed by atoms with van der Waals surface area (Å²) in [5.74, 6) is -0.972. The summed E-state index contributed by atoms with van der Waals surface area (Å²) < 4.78 is 5.33. The van der Waals surface area contributed by atoms with Crippen LogP contribution in [0.2, 0.25) is 0 Å². The lowest BCUT2D eigenvalue weighted by Crippen LogP contribution is -2.43. The van der Waals surface area contributed by atoms with Gasteiger partial charge >= 0.3 is 5.97 Å². The number of rotatable bonds is 9. The first-order valence-corrected chi connectivity index (χ1v) is 6.96. The van der Waals surface area contributed by atoms with Crippen molar-refractivity contribution in [3.63, 3.8) is 0 Å². The van der Waals surface area contributed by atoms with Crippen LogP contribution in [0.1, 0.15) is 32.6 Å². The van der Waals surface area contributed by atoms with E-state index < -0.39 is 12.0 Å². The Morgan fingerprint density at radius 2 is 2.21 bits per heavy atom. The van der Waals surface area contributed by atoms with Gasteiger partial charge in [0.15, 0.2) is 0 Å². The van der Waals surface area contributed by atoms with E-state index in [4.69, 9.17) is 9.84 Å². The molecule has 0 aromatic rings. The van der Waals surface area contributed by atoms with Crippen molar-refractivity contribution < 1.29 is 19.4 Å². The number of amides is 1. The molecule has 0 radical (unpaired) electrons. The Balaban J connectivity index is 2.12. The van der Waals surface area contributed by atoms with Crippen LogP contribution in [0.5, 0.6) is 0 Å². The molecule has 6 nitrogen and oxygen atoms in total. The molecule has 0 aliphatic carbocycles. The van der Waals surface area contributed by atoms with Gasteiger partial charge in [0.25, 0.3) is 0 Å². The van der Waals surface area contributed by atoms with Crippen molar-refractivity contribution >= 4 is 11.9 Å². The van der Waals surface area contributed by atoms with Gasteiger partial charge in [-0.05, 0) is 25.8 Å². The Labute approximate surface area is 114 Å². The van der Waals surface area contributed by atoms with Crippen LogP contribution in [0.25, 0.3) is 0 Å². The van der Waals surface area contributed by atoms with Crippen LogP contribution in [-0.4, -0.2) is 60.8 Å². The van der Waals surface area contributed by atoms with Gasteiger partial charge in [0, 0.05) is 13.2 Å². The van der Waals surface area contributed by atoms with Gasteiger partial charge in [-0.1, -0.05) is 13.3 Å². The molecular weight excluding hydrogens is 248 g/mol. The number of unbranched alkanes of at least 4 members (excludes halogenated alkanes) is 1. The Morgan fingerprint density at radius 1 is 1.42 bits per heavy atom. The molecule has 110 valence electrons. The second kappa shape index (κ2) is 8.87. The van der Waals surface area contributed by atoms with Crippen LogP contribution in [0.4, 0.5) is 0 Å². The highest BCUT2D eigenvalue weighted by molar-refractivity contribution is 5.80. The molecule has 1 fully saturated rings. The fraction of sp³-hybridized carbons (Fsp3) is 0.846. The number of aliphatic carboxylic acids is 1. The van der Waals surface area contributed by atoms with Crippen molar-refractivity contribution in [1.29, 1.82) is 0 Å². The molecule has 1 saturated heterocycles. The van der Waals surface area contributed by atoms with Gasteiger partial charge in [0.1, 0.15) is 6.04 Å². The third-order valence-electron chi connectivity index (χ3n) is 3.21. The predicted molar refractivity (Wildman–Crippen MR) is 71.0 cm³/mol. The number of carboxylic acids is 1. The van der Waals surface area contributed by atoms with Gasteiger partial charge in [-0.3, -0.25) is 14.5 Å². The maximum Gasteiger partial charge on any atom is 0.320 e. The van der Waals surface area contributed by atoms with E-state index in [1.807, 2.05) is 0 Å². The van der Waals surface area contributed by atoms with Crippen molar-refractivity contribution in [2.75, 3.05) is 32.8 Å². The van der Waals surface area contributed by atoms with Crippen LogP contribution in [0, 0.1) is 0 Å². The summed E-state index contributed by atoms with van der Waals surface area (Å²) in [6.45, 7) is 4.64. The molecule has 1 aliphatic heterocycles. The molecule has 1 heterocycles. The predicted octanol–water partition coefficient (Wildman–Crippen LogP) is 0.468. The van der Waals surface area contributed by atoms with Gasteiger partial charge < -0.3 is 15.2 Å². The number of nitrogens with one attached hydrogen (secondary N) is 1. The van der Waals surface area contributed by atoms with E-state index in [2.05, 4.69) is 12.2 Å². The van der Waals surface area contributed by atoms with E-state index in [1.54, 1.807) is 4.90 Å². The largest absolute Gasteiger partial charge is 0.480 e. The average molecular weight is 272 g/mol. The molecule has 19 heavy (non-hydrogen) atoms. The summed E-state index contributed by atoms with van der Waals surface area (Å²) in [7, 11) is 0. The lowest BCUT2D eigenvalue weighted by atomic mass is 10.2. The highest BCUT2D eigenvalue weighted by Gasteiger charge is 2.31. The molecule has 0 bridgehead atoms. The topological polar surface area (TPSA) is 78.9 Å². The summed E-state index contributed by atoms with van der Waals surface area (Å²) in [6, 6.07) is -0.508. The normalized spacial score (nSPS) is 19.5. The summed E-state index contributed by atoms with van der Waals surface area (Å²) in [6.07, 6.45) is 3.59. The smallest absolute Gasteiger partial charge is 0.320 e. The maximum absolute atomic E-state index is 11.7. The molecule has 1 amide bonds. The minimum Gasteiger partial charge on any atom is -0.480 e. The second-order valence-electron chi connectivity index (χ2n) is 4.78. The highest BCUT2D eigenvalue weighted by atomic mass is 16.5. The highest BCUT2D eigenvalue weighted by Crippen LogP contribution is 2.16. The zero-order valence-corrected chi connectivity index (χ0v) is 11.6. The van der Waals surface area contributed by atoms with Gasteiger partial charge in [-0.2, -0.15) is 0 Å². The number of nitrogens with zero attached hydrogens (tertiary/aromatic N) is 1. The Morgan fingerprint density at radius 3 is 2.89 bits per heavy atom. The number of carbonyl (C=O) groups is 2. The first-order valence-electron chi connectivity index (χ1n) is 6.96. The number of carbonyl (C=O) groups excluding carboxylic acids is 1. The first kappa shape index (κ1) is 15.9. The van der Waals surface area contributed by atoms with Crippen molar-refractivity contribution in [1.82, 2.24) is 10.2 Å². The lowest BCUT2D eigenvalue weighted by Gasteiger charge is -2.20. The fourth-order valence-electron chi connectivity index (χ4n) is 2.15. The second-order valence-corrected chi connectivity index (χ2v) is 4.78. The standard InChI is InChI=1S/C13H24N2O4/c1-2-3-8-19-9-6-14-12(16)10-15-7-4-5-11(15)13(17)18/h11H,2-10H2,1H3,(H,14,16)(H,17,18)/t11-/m0/s1. The zero-order chi connectivity index (χ0) is 14.1. The molecule has 1 atom stereocenters. The van der Waals surface area contributed by atoms with E-state index in [0.29, 0.717) is 26.1 Å². The van der Waals surface area contributed by atoms with Gasteiger partial charge in [0.2, 0.25) is 5.91 Å². The molecule has 0 saturated carbocycles. The van der Waals surface area contributed by atoms with Crippen molar-refractivity contribution in [2.45, 2.75) is 38.6 Å². The Kier molecular flexibility index (Phi) is 7.43. The van der Waals surface area contributed by atoms with Gasteiger partial charge in [-0.25, -0.2) is 0 Å².